The van der Waals surface area contributed by atoms with Gasteiger partial charge in [0.2, 0.25) is 5.91 Å². The van der Waals surface area contributed by atoms with Gasteiger partial charge in [-0.3, -0.25) is 19.8 Å². The fourth-order valence-corrected chi connectivity index (χ4v) is 3.32. The van der Waals surface area contributed by atoms with E-state index >= 15 is 0 Å². The van der Waals surface area contributed by atoms with Crippen LogP contribution in [0.4, 0.5) is 6.01 Å². The molecule has 1 saturated carbocycles. The number of piperidine rings is 1. The van der Waals surface area contributed by atoms with Gasteiger partial charge in [0.1, 0.15) is 6.26 Å². The van der Waals surface area contributed by atoms with Crippen LogP contribution in [0.2, 0.25) is 0 Å². The molecule has 0 bridgehead atoms. The molecule has 2 aromatic rings. The molecule has 0 spiro atoms. The molecule has 2 N–H and O–H groups in total. The number of nitrogens with zero attached hydrogens (tertiary/aromatic N) is 2. The molecule has 1 saturated heterocycles. The molecule has 4 rings (SSSR count). The number of oxazole rings is 1. The maximum atomic E-state index is 12.4. The predicted octanol–water partition coefficient (Wildman–Crippen LogP) is 2.42. The van der Waals surface area contributed by atoms with Crippen molar-refractivity contribution in [2.24, 2.45) is 5.92 Å². The number of carbonyl (C=O) groups excluding carboxylic acids is 2. The quantitative estimate of drug-likeness (QED) is 0.818. The van der Waals surface area contributed by atoms with Crippen LogP contribution >= 0.6 is 0 Å². The Hall–Kier alpha value is -2.67. The summed E-state index contributed by atoms with van der Waals surface area (Å²) >= 11 is 0. The molecule has 0 unspecified atom stereocenters. The lowest BCUT2D eigenvalue weighted by Gasteiger charge is -2.32. The molecule has 0 atom stereocenters. The number of aromatic nitrogens is 1. The number of likely N-dealkylation sites (tertiary alicyclic amines) is 1. The van der Waals surface area contributed by atoms with Crippen molar-refractivity contribution in [2.75, 3.05) is 18.4 Å². The van der Waals surface area contributed by atoms with Gasteiger partial charge in [0, 0.05) is 31.6 Å². The third-order valence-electron chi connectivity index (χ3n) is 5.09. The molecule has 2 amide bonds. The first-order chi connectivity index (χ1) is 13.2. The Morgan fingerprint density at radius 1 is 1.11 bits per heavy atom. The Balaban J connectivity index is 1.23. The Kier molecular flexibility index (Phi) is 5.20. The second kappa shape index (κ2) is 7.92. The summed E-state index contributed by atoms with van der Waals surface area (Å²) < 4.78 is 5.19. The minimum Gasteiger partial charge on any atom is -0.431 e. The van der Waals surface area contributed by atoms with E-state index in [-0.39, 0.29) is 35.5 Å². The number of hydrogen-bond acceptors (Lipinski definition) is 5. The van der Waals surface area contributed by atoms with Crippen molar-refractivity contribution in [3.05, 3.63) is 47.9 Å². The fourth-order valence-electron chi connectivity index (χ4n) is 3.32. The summed E-state index contributed by atoms with van der Waals surface area (Å²) in [7, 11) is 0. The van der Waals surface area contributed by atoms with Crippen LogP contribution in [0.3, 0.4) is 0 Å². The van der Waals surface area contributed by atoms with Gasteiger partial charge in [-0.1, -0.05) is 30.3 Å². The number of rotatable bonds is 6. The zero-order chi connectivity index (χ0) is 18.6. The van der Waals surface area contributed by atoms with Gasteiger partial charge < -0.3 is 9.73 Å². The lowest BCUT2D eigenvalue weighted by molar-refractivity contribution is -0.117. The van der Waals surface area contributed by atoms with E-state index in [2.05, 4.69) is 44.8 Å². The normalized spacial score (nSPS) is 18.2. The molecule has 27 heavy (non-hydrogen) atoms. The van der Waals surface area contributed by atoms with Crippen LogP contribution in [-0.2, 0) is 11.3 Å². The second-order valence-corrected chi connectivity index (χ2v) is 7.31. The molecule has 7 heteroatoms. The van der Waals surface area contributed by atoms with Gasteiger partial charge in [0.15, 0.2) is 5.69 Å². The van der Waals surface area contributed by atoms with E-state index in [9.17, 15) is 9.59 Å². The van der Waals surface area contributed by atoms with Crippen molar-refractivity contribution in [1.82, 2.24) is 15.2 Å². The molecule has 7 nitrogen and oxygen atoms in total. The number of amides is 2. The van der Waals surface area contributed by atoms with E-state index in [1.165, 1.54) is 11.8 Å². The molecule has 2 heterocycles. The maximum Gasteiger partial charge on any atom is 0.302 e. The van der Waals surface area contributed by atoms with Crippen LogP contribution in [0.25, 0.3) is 0 Å². The van der Waals surface area contributed by atoms with Crippen LogP contribution in [-0.4, -0.2) is 40.8 Å². The van der Waals surface area contributed by atoms with Crippen molar-refractivity contribution in [3.63, 3.8) is 0 Å². The summed E-state index contributed by atoms with van der Waals surface area (Å²) in [5, 5.41) is 5.63. The number of benzene rings is 1. The number of carbonyl (C=O) groups is 2. The van der Waals surface area contributed by atoms with Crippen LogP contribution in [0.15, 0.2) is 41.0 Å². The average molecular weight is 368 g/mol. The zero-order valence-corrected chi connectivity index (χ0v) is 15.2. The molecule has 0 radical (unpaired) electrons. The average Bonchev–Trinajstić information content (AvgIpc) is 3.44. The highest BCUT2D eigenvalue weighted by Crippen LogP contribution is 2.30. The fraction of sp³-hybridized carbons (Fsp3) is 0.450. The molecule has 1 aromatic heterocycles. The Morgan fingerprint density at radius 2 is 1.85 bits per heavy atom. The Labute approximate surface area is 158 Å². The molecule has 1 aliphatic heterocycles. The lowest BCUT2D eigenvalue weighted by Crippen LogP contribution is -2.44. The summed E-state index contributed by atoms with van der Waals surface area (Å²) in [6.07, 6.45) is 4.91. The highest BCUT2D eigenvalue weighted by atomic mass is 16.4. The smallest absolute Gasteiger partial charge is 0.302 e. The number of anilines is 1. The molecule has 2 aliphatic rings. The third kappa shape index (κ3) is 4.74. The first-order valence-electron chi connectivity index (χ1n) is 9.51. The van der Waals surface area contributed by atoms with Gasteiger partial charge in [-0.2, -0.15) is 4.98 Å². The van der Waals surface area contributed by atoms with E-state index in [0.717, 1.165) is 45.3 Å². The van der Waals surface area contributed by atoms with E-state index in [1.54, 1.807) is 0 Å². The molecule has 142 valence electrons. The Morgan fingerprint density at radius 3 is 2.56 bits per heavy atom. The van der Waals surface area contributed by atoms with Gasteiger partial charge in [0.05, 0.1) is 0 Å². The van der Waals surface area contributed by atoms with E-state index in [0.29, 0.717) is 0 Å². The summed E-state index contributed by atoms with van der Waals surface area (Å²) in [4.78, 5) is 30.6. The van der Waals surface area contributed by atoms with Crippen molar-refractivity contribution in [2.45, 2.75) is 38.3 Å². The highest BCUT2D eigenvalue weighted by Gasteiger charge is 2.30. The summed E-state index contributed by atoms with van der Waals surface area (Å²) in [5.74, 6) is -0.281. The zero-order valence-electron chi connectivity index (χ0n) is 15.2. The predicted molar refractivity (Wildman–Crippen MR) is 100 cm³/mol. The molecule has 2 fully saturated rings. The van der Waals surface area contributed by atoms with E-state index in [4.69, 9.17) is 4.42 Å². The van der Waals surface area contributed by atoms with Gasteiger partial charge in [-0.15, -0.1) is 0 Å². The molecular weight excluding hydrogens is 344 g/mol. The standard InChI is InChI=1S/C20H24N4O3/c25-18(15-6-7-15)23-20-22-17(13-27-20)19(26)21-16-8-10-24(11-9-16)12-14-4-2-1-3-5-14/h1-5,13,15-16H,6-12H2,(H,21,26)(H,22,23,25). The summed E-state index contributed by atoms with van der Waals surface area (Å²) in [6, 6.07) is 10.6. The number of nitrogens with one attached hydrogen (secondary N) is 2. The van der Waals surface area contributed by atoms with Crippen LogP contribution in [0, 0.1) is 5.92 Å². The van der Waals surface area contributed by atoms with Crippen molar-refractivity contribution in [3.8, 4) is 0 Å². The molecule has 1 aliphatic carbocycles. The first-order valence-corrected chi connectivity index (χ1v) is 9.51. The summed E-state index contributed by atoms with van der Waals surface area (Å²) in [5.41, 5.74) is 1.51. The van der Waals surface area contributed by atoms with E-state index in [1.807, 2.05) is 6.07 Å². The highest BCUT2D eigenvalue weighted by molar-refractivity contribution is 5.94. The SMILES string of the molecule is O=C(NC1CCN(Cc2ccccc2)CC1)c1coc(NC(=O)C2CC2)n1. The van der Waals surface area contributed by atoms with Crippen molar-refractivity contribution >= 4 is 17.8 Å². The summed E-state index contributed by atoms with van der Waals surface area (Å²) in [6.45, 7) is 2.83. The number of hydrogen-bond donors (Lipinski definition) is 2. The Bertz CT molecular complexity index is 793. The van der Waals surface area contributed by atoms with Crippen molar-refractivity contribution < 1.29 is 14.0 Å². The topological polar surface area (TPSA) is 87.5 Å². The minimum atomic E-state index is -0.257. The van der Waals surface area contributed by atoms with E-state index < -0.39 is 0 Å². The molecular formula is C20H24N4O3. The van der Waals surface area contributed by atoms with Crippen molar-refractivity contribution in [1.29, 1.82) is 0 Å². The largest absolute Gasteiger partial charge is 0.431 e. The molecule has 1 aromatic carbocycles. The van der Waals surface area contributed by atoms with Crippen LogP contribution < -0.4 is 10.6 Å². The third-order valence-corrected chi connectivity index (χ3v) is 5.09. The minimum absolute atomic E-state index is 0.0650. The van der Waals surface area contributed by atoms with Crippen LogP contribution in [0.5, 0.6) is 0 Å². The van der Waals surface area contributed by atoms with Gasteiger partial charge in [-0.05, 0) is 31.2 Å². The maximum absolute atomic E-state index is 12.4. The van der Waals surface area contributed by atoms with Gasteiger partial charge in [-0.25, -0.2) is 0 Å². The van der Waals surface area contributed by atoms with Crippen LogP contribution in [0.1, 0.15) is 41.7 Å². The monoisotopic (exact) mass is 368 g/mol. The van der Waals surface area contributed by atoms with Gasteiger partial charge >= 0.3 is 6.01 Å². The van der Waals surface area contributed by atoms with Gasteiger partial charge in [0.25, 0.3) is 5.91 Å². The second-order valence-electron chi connectivity index (χ2n) is 7.31. The lowest BCUT2D eigenvalue weighted by atomic mass is 10.0. The first kappa shape index (κ1) is 17.7.